The fourth-order valence-corrected chi connectivity index (χ4v) is 2.44. The average Bonchev–Trinajstić information content (AvgIpc) is 2.31. The molecule has 0 spiro atoms. The summed E-state index contributed by atoms with van der Waals surface area (Å²) in [5.74, 6) is 2.00. The van der Waals surface area contributed by atoms with Gasteiger partial charge in [-0.3, -0.25) is 9.59 Å². The second-order valence-corrected chi connectivity index (χ2v) is 4.35. The molecule has 0 N–H and O–H groups in total. The van der Waals surface area contributed by atoms with Crippen LogP contribution in [0.3, 0.4) is 0 Å². The third kappa shape index (κ3) is 2.28. The van der Waals surface area contributed by atoms with Gasteiger partial charge in [0.2, 0.25) is 0 Å². The molecule has 1 unspecified atom stereocenters. The first kappa shape index (κ1) is 10.2. The second-order valence-electron chi connectivity index (χ2n) is 3.27. The Morgan fingerprint density at radius 2 is 2.00 bits per heavy atom. The molecule has 3 heteroatoms. The minimum absolute atomic E-state index is 0.00330. The van der Waals surface area contributed by atoms with Crippen LogP contribution in [-0.2, 0) is 4.79 Å². The lowest BCUT2D eigenvalue weighted by molar-refractivity contribution is -0.116. The first-order valence-corrected chi connectivity index (χ1v) is 5.27. The Morgan fingerprint density at radius 1 is 1.38 bits per heavy atom. The summed E-state index contributed by atoms with van der Waals surface area (Å²) in [7, 11) is 0.456. The van der Waals surface area contributed by atoms with Crippen LogP contribution in [0.25, 0.3) is 0 Å². The largest absolute Gasteiger partial charge is 0.300 e. The Labute approximate surface area is 79.4 Å². The molecular formula is C10H13O2P. The molecule has 1 aromatic rings. The maximum absolute atomic E-state index is 11.5. The predicted octanol–water partition coefficient (Wildman–Crippen LogP) is 2.50. The van der Waals surface area contributed by atoms with E-state index in [4.69, 9.17) is 0 Å². The number of ketones is 2. The Morgan fingerprint density at radius 3 is 2.38 bits per heavy atom. The van der Waals surface area contributed by atoms with E-state index in [0.29, 0.717) is 8.19 Å². The van der Waals surface area contributed by atoms with E-state index in [0.717, 1.165) is 10.9 Å². The van der Waals surface area contributed by atoms with Gasteiger partial charge in [0.05, 0.1) is 6.42 Å². The number of hydrogen-bond donors (Lipinski definition) is 0. The van der Waals surface area contributed by atoms with Crippen LogP contribution in [0.2, 0.25) is 0 Å². The van der Waals surface area contributed by atoms with Crippen molar-refractivity contribution >= 4 is 19.8 Å². The zero-order valence-electron chi connectivity index (χ0n) is 8.10. The van der Waals surface area contributed by atoms with Gasteiger partial charge in [-0.05, 0) is 37.7 Å². The summed E-state index contributed by atoms with van der Waals surface area (Å²) in [5, 5.41) is 0.840. The normalized spacial score (nSPS) is 10.7. The summed E-state index contributed by atoms with van der Waals surface area (Å²) in [6, 6.07) is 0. The summed E-state index contributed by atoms with van der Waals surface area (Å²) in [4.78, 5) is 22.2. The molecule has 1 heterocycles. The summed E-state index contributed by atoms with van der Waals surface area (Å²) in [6.07, 6.45) is 0.0563. The van der Waals surface area contributed by atoms with Crippen molar-refractivity contribution in [2.45, 2.75) is 27.2 Å². The molecule has 0 saturated carbocycles. The molecule has 1 atom stereocenters. The van der Waals surface area contributed by atoms with Gasteiger partial charge in [0.1, 0.15) is 5.78 Å². The fourth-order valence-electron chi connectivity index (χ4n) is 1.20. The van der Waals surface area contributed by atoms with Gasteiger partial charge < -0.3 is 0 Å². The van der Waals surface area contributed by atoms with Crippen molar-refractivity contribution in [3.8, 4) is 0 Å². The van der Waals surface area contributed by atoms with Crippen LogP contribution in [-0.4, -0.2) is 11.6 Å². The molecule has 1 aromatic heterocycles. The SMILES string of the molecule is CC(=O)CC(=O)c1[pH]cc(C)c1C. The highest BCUT2D eigenvalue weighted by atomic mass is 31.0. The number of aryl methyl sites for hydroxylation is 1. The van der Waals surface area contributed by atoms with Crippen molar-refractivity contribution in [2.75, 3.05) is 0 Å². The highest BCUT2D eigenvalue weighted by molar-refractivity contribution is 7.32. The highest BCUT2D eigenvalue weighted by Gasteiger charge is 2.12. The number of rotatable bonds is 3. The Bertz CT molecular complexity index is 350. The lowest BCUT2D eigenvalue weighted by atomic mass is 10.1. The number of Topliss-reactive ketones (excluding diaryl/α,β-unsaturated/α-hetero) is 2. The van der Waals surface area contributed by atoms with Gasteiger partial charge in [0, 0.05) is 5.30 Å². The molecule has 2 nitrogen and oxygen atoms in total. The minimum atomic E-state index is -0.0559. The number of hydrogen-bond acceptors (Lipinski definition) is 2. The van der Waals surface area contributed by atoms with Crippen LogP contribution in [0.4, 0.5) is 0 Å². The highest BCUT2D eigenvalue weighted by Crippen LogP contribution is 2.26. The predicted molar refractivity (Wildman–Crippen MR) is 55.0 cm³/mol. The smallest absolute Gasteiger partial charge is 0.174 e. The minimum Gasteiger partial charge on any atom is -0.300 e. The summed E-state index contributed by atoms with van der Waals surface area (Å²) >= 11 is 0. The molecule has 0 bridgehead atoms. The molecule has 0 aliphatic heterocycles. The van der Waals surface area contributed by atoms with Gasteiger partial charge in [0.25, 0.3) is 0 Å². The van der Waals surface area contributed by atoms with Crippen molar-refractivity contribution in [3.05, 3.63) is 22.2 Å². The standard InChI is InChI=1S/C10H13O2P/c1-6-5-13-10(8(6)3)9(12)4-7(2)11/h5,13H,4H2,1-3H3. The molecule has 0 aliphatic carbocycles. The molecule has 0 radical (unpaired) electrons. The Balaban J connectivity index is 2.89. The summed E-state index contributed by atoms with van der Waals surface area (Å²) in [5.41, 5.74) is 2.23. The quantitative estimate of drug-likeness (QED) is 0.549. The van der Waals surface area contributed by atoms with Crippen LogP contribution in [0.5, 0.6) is 0 Å². The maximum Gasteiger partial charge on any atom is 0.174 e. The van der Waals surface area contributed by atoms with E-state index in [1.807, 2.05) is 13.8 Å². The van der Waals surface area contributed by atoms with E-state index in [-0.39, 0.29) is 18.0 Å². The molecule has 0 aliphatic rings. The Kier molecular flexibility index (Phi) is 3.05. The first-order valence-electron chi connectivity index (χ1n) is 4.19. The van der Waals surface area contributed by atoms with E-state index in [9.17, 15) is 9.59 Å². The van der Waals surface area contributed by atoms with Gasteiger partial charge in [-0.1, -0.05) is 0 Å². The van der Waals surface area contributed by atoms with Crippen LogP contribution in [0, 0.1) is 13.8 Å². The third-order valence-electron chi connectivity index (χ3n) is 2.09. The molecule has 70 valence electrons. The topological polar surface area (TPSA) is 34.1 Å². The lowest BCUT2D eigenvalue weighted by Gasteiger charge is -1.97. The van der Waals surface area contributed by atoms with E-state index in [1.165, 1.54) is 12.5 Å². The average molecular weight is 196 g/mol. The van der Waals surface area contributed by atoms with Gasteiger partial charge in [-0.2, -0.15) is 0 Å². The van der Waals surface area contributed by atoms with Crippen molar-refractivity contribution in [1.82, 2.24) is 0 Å². The van der Waals surface area contributed by atoms with Crippen LogP contribution in [0.15, 0.2) is 5.80 Å². The Hall–Kier alpha value is -0.880. The molecule has 0 saturated heterocycles. The molecule has 13 heavy (non-hydrogen) atoms. The second kappa shape index (κ2) is 3.89. The third-order valence-corrected chi connectivity index (χ3v) is 3.61. The van der Waals surface area contributed by atoms with Gasteiger partial charge >= 0.3 is 0 Å². The summed E-state index contributed by atoms with van der Waals surface area (Å²) < 4.78 is 0. The van der Waals surface area contributed by atoms with E-state index in [1.54, 1.807) is 0 Å². The van der Waals surface area contributed by atoms with Gasteiger partial charge in [-0.15, -0.1) is 8.19 Å². The fraction of sp³-hybridized carbons (Fsp3) is 0.400. The van der Waals surface area contributed by atoms with Crippen molar-refractivity contribution in [1.29, 1.82) is 0 Å². The summed E-state index contributed by atoms with van der Waals surface area (Å²) in [6.45, 7) is 5.39. The van der Waals surface area contributed by atoms with Crippen molar-refractivity contribution in [3.63, 3.8) is 0 Å². The monoisotopic (exact) mass is 196 g/mol. The van der Waals surface area contributed by atoms with Gasteiger partial charge in [0.15, 0.2) is 5.78 Å². The van der Waals surface area contributed by atoms with E-state index < -0.39 is 0 Å². The number of carbonyl (C=O) groups excluding carboxylic acids is 2. The maximum atomic E-state index is 11.5. The lowest BCUT2D eigenvalue weighted by Crippen LogP contribution is -2.03. The van der Waals surface area contributed by atoms with Crippen LogP contribution in [0.1, 0.15) is 34.6 Å². The first-order chi connectivity index (χ1) is 6.02. The van der Waals surface area contributed by atoms with Crippen LogP contribution < -0.4 is 0 Å². The van der Waals surface area contributed by atoms with Gasteiger partial charge in [-0.25, -0.2) is 0 Å². The zero-order valence-corrected chi connectivity index (χ0v) is 9.10. The van der Waals surface area contributed by atoms with Crippen LogP contribution >= 0.6 is 8.19 Å². The number of carbonyl (C=O) groups is 2. The molecule has 1 rings (SSSR count). The van der Waals surface area contributed by atoms with Crippen molar-refractivity contribution < 1.29 is 9.59 Å². The molecule has 0 amide bonds. The molecule has 0 aromatic carbocycles. The van der Waals surface area contributed by atoms with Crippen molar-refractivity contribution in [2.24, 2.45) is 0 Å². The zero-order chi connectivity index (χ0) is 10.0. The van der Waals surface area contributed by atoms with E-state index in [2.05, 4.69) is 5.80 Å². The van der Waals surface area contributed by atoms with E-state index >= 15 is 0 Å². The molecule has 0 fully saturated rings. The molecular weight excluding hydrogens is 183 g/mol.